The van der Waals surface area contributed by atoms with Crippen LogP contribution in [0.3, 0.4) is 0 Å². The highest BCUT2D eigenvalue weighted by atomic mass is 32.2. The molecule has 8 heteroatoms. The van der Waals surface area contributed by atoms with Crippen LogP contribution in [0, 0.1) is 5.92 Å². The lowest BCUT2D eigenvalue weighted by molar-refractivity contribution is -0.138. The van der Waals surface area contributed by atoms with Crippen molar-refractivity contribution in [1.29, 1.82) is 0 Å². The minimum atomic E-state index is -4.64. The lowest BCUT2D eigenvalue weighted by Gasteiger charge is -2.30. The van der Waals surface area contributed by atoms with Crippen LogP contribution in [0.4, 0.5) is 13.2 Å². The molecule has 26 heavy (non-hydrogen) atoms. The van der Waals surface area contributed by atoms with Crippen LogP contribution >= 0.6 is 0 Å². The van der Waals surface area contributed by atoms with Gasteiger partial charge in [-0.3, -0.25) is 4.79 Å². The number of nitrogens with one attached hydrogen (secondary N) is 1. The predicted molar refractivity (Wildman–Crippen MR) is 93.1 cm³/mol. The average Bonchev–Trinajstić information content (AvgIpc) is 2.55. The highest BCUT2D eigenvalue weighted by molar-refractivity contribution is 7.92. The van der Waals surface area contributed by atoms with Crippen molar-refractivity contribution in [2.45, 2.75) is 62.8 Å². The number of benzene rings is 1. The molecule has 0 aliphatic heterocycles. The third-order valence-electron chi connectivity index (χ3n) is 5.03. The van der Waals surface area contributed by atoms with Gasteiger partial charge in [0.25, 0.3) is 0 Å². The molecule has 4 nitrogen and oxygen atoms in total. The monoisotopic (exact) mass is 391 g/mol. The third kappa shape index (κ3) is 4.99. The molecule has 1 N–H and O–H groups in total. The SMILES string of the molecule is C[C@@H]1CCCC[C@H]1NC(=O)[C@@H](C)S(=O)(=O)Cc1ccccc1C(F)(F)F. The first-order chi connectivity index (χ1) is 12.0. The molecule has 146 valence electrons. The predicted octanol–water partition coefficient (Wildman–Crippen LogP) is 3.70. The minimum absolute atomic E-state index is 0.0867. The van der Waals surface area contributed by atoms with Gasteiger partial charge in [-0.05, 0) is 37.3 Å². The molecule has 1 amide bonds. The van der Waals surface area contributed by atoms with Gasteiger partial charge in [-0.2, -0.15) is 13.2 Å². The van der Waals surface area contributed by atoms with E-state index in [2.05, 4.69) is 5.32 Å². The molecule has 2 rings (SSSR count). The van der Waals surface area contributed by atoms with E-state index in [1.165, 1.54) is 19.1 Å². The fourth-order valence-electron chi connectivity index (χ4n) is 3.26. The van der Waals surface area contributed by atoms with E-state index >= 15 is 0 Å². The number of alkyl halides is 3. The Morgan fingerprint density at radius 3 is 2.46 bits per heavy atom. The van der Waals surface area contributed by atoms with Gasteiger partial charge in [0.05, 0.1) is 11.3 Å². The molecule has 1 aromatic carbocycles. The van der Waals surface area contributed by atoms with Crippen LogP contribution in [-0.4, -0.2) is 25.6 Å². The van der Waals surface area contributed by atoms with Crippen molar-refractivity contribution in [3.8, 4) is 0 Å². The Bertz CT molecular complexity index is 746. The molecule has 0 radical (unpaired) electrons. The van der Waals surface area contributed by atoms with Gasteiger partial charge in [-0.25, -0.2) is 8.42 Å². The van der Waals surface area contributed by atoms with Crippen LogP contribution < -0.4 is 5.32 Å². The van der Waals surface area contributed by atoms with Crippen molar-refractivity contribution in [1.82, 2.24) is 5.32 Å². The van der Waals surface area contributed by atoms with E-state index in [0.717, 1.165) is 37.8 Å². The number of carbonyl (C=O) groups is 1. The quantitative estimate of drug-likeness (QED) is 0.832. The van der Waals surface area contributed by atoms with Gasteiger partial charge < -0.3 is 5.32 Å². The maximum atomic E-state index is 13.1. The zero-order chi connectivity index (χ0) is 19.5. The maximum Gasteiger partial charge on any atom is 0.416 e. The summed E-state index contributed by atoms with van der Waals surface area (Å²) >= 11 is 0. The Hall–Kier alpha value is -1.57. The zero-order valence-corrected chi connectivity index (χ0v) is 15.7. The number of halogens is 3. The Balaban J connectivity index is 2.13. The summed E-state index contributed by atoms with van der Waals surface area (Å²) in [5.74, 6) is -1.21. The first-order valence-electron chi connectivity index (χ1n) is 8.69. The summed E-state index contributed by atoms with van der Waals surface area (Å²) in [6, 6.07) is 4.46. The molecule has 0 aromatic heterocycles. The first kappa shape index (κ1) is 20.7. The van der Waals surface area contributed by atoms with Crippen LogP contribution in [0.1, 0.15) is 50.7 Å². The fraction of sp³-hybridized carbons (Fsp3) is 0.611. The summed E-state index contributed by atoms with van der Waals surface area (Å²) in [5.41, 5.74) is -1.33. The summed E-state index contributed by atoms with van der Waals surface area (Å²) in [4.78, 5) is 12.4. The molecule has 0 spiro atoms. The number of carbonyl (C=O) groups excluding carboxylic acids is 1. The van der Waals surface area contributed by atoms with Gasteiger partial charge in [-0.1, -0.05) is 38.0 Å². The Morgan fingerprint density at radius 2 is 1.85 bits per heavy atom. The van der Waals surface area contributed by atoms with Gasteiger partial charge in [0.1, 0.15) is 5.25 Å². The molecule has 0 bridgehead atoms. The van der Waals surface area contributed by atoms with Crippen LogP contribution in [-0.2, 0) is 26.6 Å². The van der Waals surface area contributed by atoms with Gasteiger partial charge >= 0.3 is 6.18 Å². The van der Waals surface area contributed by atoms with Crippen LogP contribution in [0.5, 0.6) is 0 Å². The largest absolute Gasteiger partial charge is 0.416 e. The lowest BCUT2D eigenvalue weighted by Crippen LogP contribution is -2.47. The Kier molecular flexibility index (Phi) is 6.37. The second-order valence-corrected chi connectivity index (χ2v) is 9.30. The molecule has 3 atom stereocenters. The standard InChI is InChI=1S/C18H24F3NO3S/c1-12-7-3-6-10-16(12)22-17(23)13(2)26(24,25)11-14-8-4-5-9-15(14)18(19,20)21/h4-5,8-9,12-13,16H,3,6-7,10-11H2,1-2H3,(H,22,23)/t12-,13-,16-/m1/s1. The van der Waals surface area contributed by atoms with Crippen molar-refractivity contribution in [2.24, 2.45) is 5.92 Å². The number of hydrogen-bond acceptors (Lipinski definition) is 3. The highest BCUT2D eigenvalue weighted by Gasteiger charge is 2.36. The molecular weight excluding hydrogens is 367 g/mol. The van der Waals surface area contributed by atoms with Crippen molar-refractivity contribution in [2.75, 3.05) is 0 Å². The molecule has 1 aromatic rings. The van der Waals surface area contributed by atoms with E-state index in [-0.39, 0.29) is 17.5 Å². The number of amides is 1. The third-order valence-corrected chi connectivity index (χ3v) is 7.03. The Morgan fingerprint density at radius 1 is 1.23 bits per heavy atom. The molecule has 0 heterocycles. The minimum Gasteiger partial charge on any atom is -0.352 e. The molecule has 0 saturated heterocycles. The zero-order valence-electron chi connectivity index (χ0n) is 14.8. The van der Waals surface area contributed by atoms with Crippen molar-refractivity contribution in [3.63, 3.8) is 0 Å². The van der Waals surface area contributed by atoms with E-state index in [9.17, 15) is 26.4 Å². The second-order valence-electron chi connectivity index (χ2n) is 6.98. The molecule has 0 unspecified atom stereocenters. The summed E-state index contributed by atoms with van der Waals surface area (Å²) in [7, 11) is -4.08. The van der Waals surface area contributed by atoms with Gasteiger partial charge in [-0.15, -0.1) is 0 Å². The smallest absolute Gasteiger partial charge is 0.352 e. The molecule has 1 aliphatic carbocycles. The van der Waals surface area contributed by atoms with Crippen molar-refractivity contribution < 1.29 is 26.4 Å². The lowest BCUT2D eigenvalue weighted by atomic mass is 9.86. The summed E-state index contributed by atoms with van der Waals surface area (Å²) in [6.07, 6.45) is -0.845. The van der Waals surface area contributed by atoms with Crippen LogP contribution in [0.25, 0.3) is 0 Å². The van der Waals surface area contributed by atoms with Crippen LogP contribution in [0.2, 0.25) is 0 Å². The number of rotatable bonds is 5. The normalized spacial score (nSPS) is 22.7. The van der Waals surface area contributed by atoms with Crippen LogP contribution in [0.15, 0.2) is 24.3 Å². The topological polar surface area (TPSA) is 63.2 Å². The summed E-state index contributed by atoms with van der Waals surface area (Å²) in [5, 5.41) is 1.36. The van der Waals surface area contributed by atoms with Crippen molar-refractivity contribution in [3.05, 3.63) is 35.4 Å². The van der Waals surface area contributed by atoms with E-state index in [1.807, 2.05) is 6.92 Å². The first-order valence-corrected chi connectivity index (χ1v) is 10.4. The summed E-state index contributed by atoms with van der Waals surface area (Å²) < 4.78 is 64.2. The van der Waals surface area contributed by atoms with Gasteiger partial charge in [0, 0.05) is 6.04 Å². The maximum absolute atomic E-state index is 13.1. The molecule has 1 aliphatic rings. The summed E-state index contributed by atoms with van der Waals surface area (Å²) in [6.45, 7) is 3.23. The van der Waals surface area contributed by atoms with E-state index in [4.69, 9.17) is 0 Å². The van der Waals surface area contributed by atoms with Gasteiger partial charge in [0.2, 0.25) is 5.91 Å². The second kappa shape index (κ2) is 7.98. The Labute approximate surface area is 152 Å². The van der Waals surface area contributed by atoms with E-state index in [0.29, 0.717) is 0 Å². The van der Waals surface area contributed by atoms with Crippen molar-refractivity contribution >= 4 is 15.7 Å². The van der Waals surface area contributed by atoms with Gasteiger partial charge in [0.15, 0.2) is 9.84 Å². The fourth-order valence-corrected chi connectivity index (χ4v) is 4.59. The number of sulfone groups is 1. The molecule has 1 saturated carbocycles. The molecular formula is C18H24F3NO3S. The molecule has 1 fully saturated rings. The van der Waals surface area contributed by atoms with E-state index < -0.39 is 38.5 Å². The van der Waals surface area contributed by atoms with E-state index in [1.54, 1.807) is 0 Å². The average molecular weight is 391 g/mol. The number of hydrogen-bond donors (Lipinski definition) is 1. The highest BCUT2D eigenvalue weighted by Crippen LogP contribution is 2.33.